The number of fused-ring (bicyclic) bond motifs is 1. The van der Waals surface area contributed by atoms with Crippen LogP contribution in [0.4, 0.5) is 0 Å². The third kappa shape index (κ3) is 2.73. The molecule has 5 heteroatoms. The molecule has 0 unspecified atom stereocenters. The number of hydrogen-bond acceptors (Lipinski definition) is 3. The van der Waals surface area contributed by atoms with Crippen LogP contribution in [0.1, 0.15) is 34.1 Å². The Morgan fingerprint density at radius 3 is 2.40 bits per heavy atom. The first kappa shape index (κ1) is 15.0. The van der Waals surface area contributed by atoms with Crippen molar-refractivity contribution in [1.29, 1.82) is 0 Å². The minimum absolute atomic E-state index is 0.0307. The summed E-state index contributed by atoms with van der Waals surface area (Å²) >= 11 is 0. The fraction of sp³-hybridized carbons (Fsp3) is 0.533. The third-order valence-corrected chi connectivity index (χ3v) is 5.53. The highest BCUT2D eigenvalue weighted by molar-refractivity contribution is 7.91. The fourth-order valence-electron chi connectivity index (χ4n) is 2.53. The van der Waals surface area contributed by atoms with E-state index in [-0.39, 0.29) is 10.6 Å². The van der Waals surface area contributed by atoms with Gasteiger partial charge in [0, 0.05) is 7.05 Å². The van der Waals surface area contributed by atoms with Crippen LogP contribution in [0.25, 0.3) is 11.0 Å². The van der Waals surface area contributed by atoms with E-state index in [1.54, 1.807) is 18.5 Å². The quantitative estimate of drug-likeness (QED) is 0.873. The Bertz CT molecular complexity index is 724. The number of rotatable bonds is 3. The Labute approximate surface area is 120 Å². The van der Waals surface area contributed by atoms with Gasteiger partial charge in [-0.3, -0.25) is 0 Å². The van der Waals surface area contributed by atoms with E-state index in [9.17, 15) is 8.42 Å². The highest BCUT2D eigenvalue weighted by Crippen LogP contribution is 2.28. The molecule has 1 aromatic carbocycles. The van der Waals surface area contributed by atoms with Crippen LogP contribution >= 0.6 is 0 Å². The van der Waals surface area contributed by atoms with E-state index in [1.807, 2.05) is 45.0 Å². The Balaban J connectivity index is 2.49. The maximum Gasteiger partial charge on any atom is 0.228 e. The second-order valence-electron chi connectivity index (χ2n) is 6.56. The summed E-state index contributed by atoms with van der Waals surface area (Å²) in [5, 5.41) is -0.284. The molecule has 0 spiro atoms. The molecule has 4 nitrogen and oxygen atoms in total. The zero-order valence-corrected chi connectivity index (χ0v) is 13.5. The van der Waals surface area contributed by atoms with Crippen molar-refractivity contribution in [3.05, 3.63) is 24.3 Å². The van der Waals surface area contributed by atoms with E-state index in [1.165, 1.54) is 0 Å². The van der Waals surface area contributed by atoms with E-state index in [4.69, 9.17) is 0 Å². The average molecular weight is 294 g/mol. The standard InChI is InChI=1S/C15H22N2O2S/c1-11(10-15(2,3)4)20(18,19)14-16-12-8-6-7-9-13(12)17(14)5/h6-9,11H,10H2,1-5H3/t11-/m0/s1. The van der Waals surface area contributed by atoms with Gasteiger partial charge in [-0.2, -0.15) is 0 Å². The van der Waals surface area contributed by atoms with Gasteiger partial charge in [-0.25, -0.2) is 13.4 Å². The lowest BCUT2D eigenvalue weighted by Crippen LogP contribution is -2.26. The number of para-hydroxylation sites is 2. The summed E-state index contributed by atoms with van der Waals surface area (Å²) in [5.74, 6) is 0. The van der Waals surface area contributed by atoms with Gasteiger partial charge in [0.25, 0.3) is 0 Å². The predicted molar refractivity (Wildman–Crippen MR) is 81.4 cm³/mol. The molecule has 0 radical (unpaired) electrons. The van der Waals surface area contributed by atoms with Crippen molar-refractivity contribution in [3.8, 4) is 0 Å². The molecule has 20 heavy (non-hydrogen) atoms. The predicted octanol–water partition coefficient (Wildman–Crippen LogP) is 3.17. The maximum atomic E-state index is 12.7. The Morgan fingerprint density at radius 2 is 1.85 bits per heavy atom. The van der Waals surface area contributed by atoms with Crippen LogP contribution < -0.4 is 0 Å². The number of nitrogens with zero attached hydrogens (tertiary/aromatic N) is 2. The molecule has 2 aromatic rings. The van der Waals surface area contributed by atoms with Gasteiger partial charge in [-0.15, -0.1) is 0 Å². The molecule has 0 saturated heterocycles. The first-order valence-corrected chi connectivity index (χ1v) is 8.33. The average Bonchev–Trinajstić information content (AvgIpc) is 2.66. The van der Waals surface area contributed by atoms with Gasteiger partial charge in [0.15, 0.2) is 0 Å². The van der Waals surface area contributed by atoms with E-state index in [2.05, 4.69) is 4.98 Å². The molecular formula is C15H22N2O2S. The molecule has 0 bridgehead atoms. The minimum Gasteiger partial charge on any atom is -0.318 e. The molecular weight excluding hydrogens is 272 g/mol. The number of imidazole rings is 1. The van der Waals surface area contributed by atoms with E-state index in [0.29, 0.717) is 6.42 Å². The van der Waals surface area contributed by atoms with Gasteiger partial charge in [-0.05, 0) is 30.9 Å². The van der Waals surface area contributed by atoms with Crippen molar-refractivity contribution in [3.63, 3.8) is 0 Å². The molecule has 1 atom stereocenters. The number of benzene rings is 1. The Kier molecular flexibility index (Phi) is 3.67. The Morgan fingerprint density at radius 1 is 1.25 bits per heavy atom. The van der Waals surface area contributed by atoms with Crippen LogP contribution in [0.5, 0.6) is 0 Å². The first-order chi connectivity index (χ1) is 9.13. The largest absolute Gasteiger partial charge is 0.318 e. The third-order valence-electron chi connectivity index (χ3n) is 3.43. The summed E-state index contributed by atoms with van der Waals surface area (Å²) in [5.41, 5.74) is 1.53. The molecule has 0 N–H and O–H groups in total. The number of aryl methyl sites for hydroxylation is 1. The SMILES string of the molecule is C[C@@H](CC(C)(C)C)S(=O)(=O)c1nc2ccccc2n1C. The van der Waals surface area contributed by atoms with Crippen LogP contribution in [0.3, 0.4) is 0 Å². The molecule has 0 aliphatic heterocycles. The number of sulfone groups is 1. The highest BCUT2D eigenvalue weighted by Gasteiger charge is 2.31. The van der Waals surface area contributed by atoms with E-state index < -0.39 is 15.1 Å². The maximum absolute atomic E-state index is 12.7. The first-order valence-electron chi connectivity index (χ1n) is 6.78. The molecule has 110 valence electrons. The van der Waals surface area contributed by atoms with Gasteiger partial charge in [0.05, 0.1) is 16.3 Å². The zero-order chi connectivity index (χ0) is 15.1. The summed E-state index contributed by atoms with van der Waals surface area (Å²) in [6.45, 7) is 7.91. The molecule has 0 amide bonds. The summed E-state index contributed by atoms with van der Waals surface area (Å²) in [4.78, 5) is 4.31. The summed E-state index contributed by atoms with van der Waals surface area (Å²) < 4.78 is 27.1. The molecule has 1 heterocycles. The van der Waals surface area contributed by atoms with Gasteiger partial charge in [0.1, 0.15) is 0 Å². The smallest absolute Gasteiger partial charge is 0.228 e. The van der Waals surface area contributed by atoms with Crippen molar-refractivity contribution in [2.24, 2.45) is 12.5 Å². The topological polar surface area (TPSA) is 52.0 Å². The van der Waals surface area contributed by atoms with Crippen molar-refractivity contribution < 1.29 is 8.42 Å². The van der Waals surface area contributed by atoms with Crippen molar-refractivity contribution in [2.75, 3.05) is 0 Å². The van der Waals surface area contributed by atoms with Crippen molar-refractivity contribution in [1.82, 2.24) is 9.55 Å². The molecule has 0 fully saturated rings. The van der Waals surface area contributed by atoms with Crippen molar-refractivity contribution >= 4 is 20.9 Å². The monoisotopic (exact) mass is 294 g/mol. The van der Waals surface area contributed by atoms with Crippen LogP contribution in [0.15, 0.2) is 29.4 Å². The normalized spacial score (nSPS) is 14.7. The second kappa shape index (κ2) is 4.88. The van der Waals surface area contributed by atoms with E-state index in [0.717, 1.165) is 11.0 Å². The van der Waals surface area contributed by atoms with Crippen LogP contribution in [0, 0.1) is 5.41 Å². The summed E-state index contributed by atoms with van der Waals surface area (Å²) in [6.07, 6.45) is 0.610. The summed E-state index contributed by atoms with van der Waals surface area (Å²) in [6, 6.07) is 7.47. The number of aromatic nitrogens is 2. The number of hydrogen-bond donors (Lipinski definition) is 0. The van der Waals surface area contributed by atoms with Gasteiger partial charge in [0.2, 0.25) is 15.0 Å². The van der Waals surface area contributed by atoms with Gasteiger partial charge < -0.3 is 4.57 Å². The molecule has 0 saturated carbocycles. The van der Waals surface area contributed by atoms with Crippen LogP contribution in [-0.2, 0) is 16.9 Å². The fourth-order valence-corrected chi connectivity index (χ4v) is 4.31. The van der Waals surface area contributed by atoms with Gasteiger partial charge >= 0.3 is 0 Å². The lowest BCUT2D eigenvalue weighted by molar-refractivity contribution is 0.370. The highest BCUT2D eigenvalue weighted by atomic mass is 32.2. The van der Waals surface area contributed by atoms with Crippen molar-refractivity contribution in [2.45, 2.75) is 44.5 Å². The lowest BCUT2D eigenvalue weighted by Gasteiger charge is -2.22. The van der Waals surface area contributed by atoms with E-state index >= 15 is 0 Å². The van der Waals surface area contributed by atoms with Crippen LogP contribution in [0.2, 0.25) is 0 Å². The molecule has 1 aromatic heterocycles. The molecule has 0 aliphatic carbocycles. The van der Waals surface area contributed by atoms with Crippen LogP contribution in [-0.4, -0.2) is 23.2 Å². The minimum atomic E-state index is -3.41. The molecule has 2 rings (SSSR count). The molecule has 0 aliphatic rings. The summed E-state index contributed by atoms with van der Waals surface area (Å²) in [7, 11) is -1.66. The Hall–Kier alpha value is -1.36. The zero-order valence-electron chi connectivity index (χ0n) is 12.7. The second-order valence-corrected chi connectivity index (χ2v) is 8.82. The lowest BCUT2D eigenvalue weighted by atomic mass is 9.91. The van der Waals surface area contributed by atoms with Gasteiger partial charge in [-0.1, -0.05) is 32.9 Å².